The van der Waals surface area contributed by atoms with E-state index in [1.807, 2.05) is 0 Å². The number of rotatable bonds is 6. The van der Waals surface area contributed by atoms with Gasteiger partial charge in [-0.05, 0) is 39.7 Å². The third-order valence-corrected chi connectivity index (χ3v) is 4.14. The molecule has 0 bridgehead atoms. The topological polar surface area (TPSA) is 61.8 Å². The smallest absolute Gasteiger partial charge is 0.404 e. The van der Waals surface area contributed by atoms with E-state index in [-0.39, 0.29) is 12.0 Å². The number of carbonyl (C=O) groups is 1. The SMILES string of the molecule is CCN(C(C)C)[C@@H]1CCC(NC(=O)O)C(COC)C1. The highest BCUT2D eigenvalue weighted by atomic mass is 16.5. The largest absolute Gasteiger partial charge is 0.465 e. The molecule has 1 aliphatic carbocycles. The normalized spacial score (nSPS) is 27.8. The van der Waals surface area contributed by atoms with Crippen LogP contribution >= 0.6 is 0 Å². The van der Waals surface area contributed by atoms with Crippen LogP contribution in [0.25, 0.3) is 0 Å². The number of hydrogen-bond donors (Lipinski definition) is 2. The van der Waals surface area contributed by atoms with Crippen molar-refractivity contribution in [1.82, 2.24) is 10.2 Å². The molecule has 0 spiro atoms. The van der Waals surface area contributed by atoms with Gasteiger partial charge in [0.15, 0.2) is 0 Å². The molecular weight excluding hydrogens is 244 g/mol. The standard InChI is InChI=1S/C14H28N2O3/c1-5-16(10(2)3)12-6-7-13(15-14(17)18)11(8-12)9-19-4/h10-13,15H,5-9H2,1-4H3,(H,17,18)/t11?,12-,13?/m1/s1. The van der Waals surface area contributed by atoms with E-state index < -0.39 is 6.09 Å². The Morgan fingerprint density at radius 1 is 1.47 bits per heavy atom. The van der Waals surface area contributed by atoms with Crippen molar-refractivity contribution in [1.29, 1.82) is 0 Å². The molecule has 0 aromatic heterocycles. The zero-order valence-corrected chi connectivity index (χ0v) is 12.6. The summed E-state index contributed by atoms with van der Waals surface area (Å²) >= 11 is 0. The van der Waals surface area contributed by atoms with E-state index in [0.29, 0.717) is 18.7 Å². The van der Waals surface area contributed by atoms with Gasteiger partial charge in [0.2, 0.25) is 0 Å². The lowest BCUT2D eigenvalue weighted by molar-refractivity contribution is 0.0494. The Hall–Kier alpha value is -0.810. The van der Waals surface area contributed by atoms with Gasteiger partial charge in [-0.1, -0.05) is 6.92 Å². The van der Waals surface area contributed by atoms with Crippen molar-refractivity contribution in [2.24, 2.45) is 5.92 Å². The lowest BCUT2D eigenvalue weighted by atomic mass is 9.81. The first kappa shape index (κ1) is 16.2. The second kappa shape index (κ2) is 7.70. The van der Waals surface area contributed by atoms with Crippen LogP contribution in [0.2, 0.25) is 0 Å². The molecular formula is C14H28N2O3. The number of amides is 1. The van der Waals surface area contributed by atoms with Crippen LogP contribution in [0.5, 0.6) is 0 Å². The van der Waals surface area contributed by atoms with Gasteiger partial charge in [0.05, 0.1) is 6.61 Å². The predicted molar refractivity (Wildman–Crippen MR) is 75.5 cm³/mol. The number of nitrogens with one attached hydrogen (secondary N) is 1. The fourth-order valence-corrected chi connectivity index (χ4v) is 3.33. The third kappa shape index (κ3) is 4.66. The summed E-state index contributed by atoms with van der Waals surface area (Å²) < 4.78 is 5.26. The van der Waals surface area contributed by atoms with Crippen molar-refractivity contribution in [2.45, 2.75) is 58.2 Å². The minimum atomic E-state index is -0.930. The molecule has 3 atom stereocenters. The van der Waals surface area contributed by atoms with Gasteiger partial charge in [-0.3, -0.25) is 4.90 Å². The molecule has 5 heteroatoms. The molecule has 0 saturated heterocycles. The first-order valence-electron chi connectivity index (χ1n) is 7.23. The van der Waals surface area contributed by atoms with Crippen molar-refractivity contribution >= 4 is 6.09 Å². The Morgan fingerprint density at radius 3 is 2.63 bits per heavy atom. The summed E-state index contributed by atoms with van der Waals surface area (Å²) in [5.74, 6) is 0.271. The molecule has 19 heavy (non-hydrogen) atoms. The van der Waals surface area contributed by atoms with E-state index in [0.717, 1.165) is 25.8 Å². The van der Waals surface area contributed by atoms with Gasteiger partial charge in [-0.15, -0.1) is 0 Å². The maximum atomic E-state index is 10.8. The van der Waals surface area contributed by atoms with Crippen LogP contribution in [-0.4, -0.2) is 54.5 Å². The Balaban J connectivity index is 2.66. The molecule has 0 heterocycles. The van der Waals surface area contributed by atoms with Gasteiger partial charge in [0.25, 0.3) is 0 Å². The molecule has 0 aliphatic heterocycles. The number of hydrogen-bond acceptors (Lipinski definition) is 3. The average Bonchev–Trinajstić information content (AvgIpc) is 2.32. The second-order valence-electron chi connectivity index (χ2n) is 5.66. The lowest BCUT2D eigenvalue weighted by Gasteiger charge is -2.42. The average molecular weight is 272 g/mol. The Bertz CT molecular complexity index is 284. The summed E-state index contributed by atoms with van der Waals surface area (Å²) in [6.07, 6.45) is 2.02. The highest BCUT2D eigenvalue weighted by molar-refractivity contribution is 5.64. The zero-order chi connectivity index (χ0) is 14.4. The highest BCUT2D eigenvalue weighted by Crippen LogP contribution is 2.29. The molecule has 5 nitrogen and oxygen atoms in total. The summed E-state index contributed by atoms with van der Waals surface area (Å²) in [5, 5.41) is 11.5. The van der Waals surface area contributed by atoms with Gasteiger partial charge >= 0.3 is 6.09 Å². The number of methoxy groups -OCH3 is 1. The first-order chi connectivity index (χ1) is 8.99. The molecule has 112 valence electrons. The molecule has 0 aromatic rings. The van der Waals surface area contributed by atoms with E-state index in [4.69, 9.17) is 9.84 Å². The second-order valence-corrected chi connectivity index (χ2v) is 5.66. The van der Waals surface area contributed by atoms with E-state index in [9.17, 15) is 4.79 Å². The maximum Gasteiger partial charge on any atom is 0.404 e. The predicted octanol–water partition coefficient (Wildman–Crippen LogP) is 2.17. The molecule has 1 fully saturated rings. The summed E-state index contributed by atoms with van der Waals surface area (Å²) in [6, 6.07) is 1.10. The van der Waals surface area contributed by atoms with E-state index in [1.54, 1.807) is 7.11 Å². The van der Waals surface area contributed by atoms with Crippen LogP contribution in [0.3, 0.4) is 0 Å². The summed E-state index contributed by atoms with van der Waals surface area (Å²) in [7, 11) is 1.68. The molecule has 2 N–H and O–H groups in total. The molecule has 1 amide bonds. The van der Waals surface area contributed by atoms with Crippen LogP contribution in [0.4, 0.5) is 4.79 Å². The van der Waals surface area contributed by atoms with Crippen molar-refractivity contribution in [3.63, 3.8) is 0 Å². The van der Waals surface area contributed by atoms with Crippen LogP contribution in [0.15, 0.2) is 0 Å². The van der Waals surface area contributed by atoms with Gasteiger partial charge < -0.3 is 15.2 Å². The number of ether oxygens (including phenoxy) is 1. The van der Waals surface area contributed by atoms with Crippen molar-refractivity contribution in [3.8, 4) is 0 Å². The summed E-state index contributed by atoms with van der Waals surface area (Å²) in [4.78, 5) is 13.3. The molecule has 1 aliphatic rings. The Labute approximate surface area is 116 Å². The van der Waals surface area contributed by atoms with Crippen LogP contribution in [-0.2, 0) is 4.74 Å². The van der Waals surface area contributed by atoms with Gasteiger partial charge in [-0.25, -0.2) is 4.79 Å². The third-order valence-electron chi connectivity index (χ3n) is 4.14. The maximum absolute atomic E-state index is 10.8. The molecule has 0 aromatic carbocycles. The van der Waals surface area contributed by atoms with Crippen molar-refractivity contribution < 1.29 is 14.6 Å². The number of nitrogens with zero attached hydrogens (tertiary/aromatic N) is 1. The van der Waals surface area contributed by atoms with E-state index >= 15 is 0 Å². The molecule has 1 saturated carbocycles. The van der Waals surface area contributed by atoms with E-state index in [1.165, 1.54) is 0 Å². The van der Waals surface area contributed by atoms with Gasteiger partial charge in [0.1, 0.15) is 0 Å². The zero-order valence-electron chi connectivity index (χ0n) is 12.6. The van der Waals surface area contributed by atoms with E-state index in [2.05, 4.69) is 31.0 Å². The van der Waals surface area contributed by atoms with Crippen LogP contribution in [0, 0.1) is 5.92 Å². The molecule has 1 rings (SSSR count). The number of carboxylic acid groups (broad SMARTS) is 1. The van der Waals surface area contributed by atoms with Crippen molar-refractivity contribution in [2.75, 3.05) is 20.3 Å². The minimum Gasteiger partial charge on any atom is -0.465 e. The fourth-order valence-electron chi connectivity index (χ4n) is 3.33. The molecule has 2 unspecified atom stereocenters. The van der Waals surface area contributed by atoms with Gasteiger partial charge in [-0.2, -0.15) is 0 Å². The minimum absolute atomic E-state index is 0.0274. The lowest BCUT2D eigenvalue weighted by Crippen LogP contribution is -2.51. The first-order valence-corrected chi connectivity index (χ1v) is 7.23. The van der Waals surface area contributed by atoms with Crippen molar-refractivity contribution in [3.05, 3.63) is 0 Å². The quantitative estimate of drug-likeness (QED) is 0.778. The van der Waals surface area contributed by atoms with Crippen LogP contribution in [0.1, 0.15) is 40.0 Å². The summed E-state index contributed by atoms with van der Waals surface area (Å²) in [6.45, 7) is 8.29. The Kier molecular flexibility index (Phi) is 6.58. The summed E-state index contributed by atoms with van der Waals surface area (Å²) in [5.41, 5.74) is 0. The fraction of sp³-hybridized carbons (Fsp3) is 0.929. The van der Waals surface area contributed by atoms with Gasteiger partial charge in [0, 0.05) is 31.2 Å². The van der Waals surface area contributed by atoms with Crippen LogP contribution < -0.4 is 5.32 Å². The Morgan fingerprint density at radius 2 is 2.16 bits per heavy atom. The monoisotopic (exact) mass is 272 g/mol. The highest BCUT2D eigenvalue weighted by Gasteiger charge is 2.34. The molecule has 0 radical (unpaired) electrons.